The highest BCUT2D eigenvalue weighted by molar-refractivity contribution is 5.74. The van der Waals surface area contributed by atoms with E-state index in [-0.39, 0.29) is 11.6 Å². The fourth-order valence-electron chi connectivity index (χ4n) is 2.86. The number of methoxy groups -OCH3 is 1. The number of hydrogen-bond acceptors (Lipinski definition) is 3. The van der Waals surface area contributed by atoms with Gasteiger partial charge in [0.25, 0.3) is 0 Å². The smallest absolute Gasteiger partial charge is 0.315 e. The summed E-state index contributed by atoms with van der Waals surface area (Å²) >= 11 is 0. The minimum absolute atomic E-state index is 0.150. The van der Waals surface area contributed by atoms with Crippen molar-refractivity contribution >= 4 is 6.03 Å². The first-order valence-corrected chi connectivity index (χ1v) is 8.27. The lowest BCUT2D eigenvalue weighted by atomic mass is 9.80. The summed E-state index contributed by atoms with van der Waals surface area (Å²) in [6.45, 7) is 1.06. The number of carbonyl (C=O) groups excluding carboxylic acids is 1. The Hall–Kier alpha value is -2.40. The molecule has 0 radical (unpaired) electrons. The van der Waals surface area contributed by atoms with Gasteiger partial charge in [-0.1, -0.05) is 30.3 Å². The van der Waals surface area contributed by atoms with Gasteiger partial charge in [0.1, 0.15) is 0 Å². The van der Waals surface area contributed by atoms with Gasteiger partial charge in [0, 0.05) is 32.6 Å². The van der Waals surface area contributed by atoms with Crippen molar-refractivity contribution in [3.8, 4) is 11.1 Å². The summed E-state index contributed by atoms with van der Waals surface area (Å²) in [5.74, 6) is 0. The van der Waals surface area contributed by atoms with Gasteiger partial charge >= 0.3 is 6.03 Å². The monoisotopic (exact) mass is 325 g/mol. The zero-order chi connectivity index (χ0) is 16.8. The normalized spacial score (nSPS) is 15.4. The molecule has 2 amide bonds. The second-order valence-electron chi connectivity index (χ2n) is 6.22. The number of pyridine rings is 1. The maximum Gasteiger partial charge on any atom is 0.315 e. The first-order valence-electron chi connectivity index (χ1n) is 8.27. The Morgan fingerprint density at radius 3 is 2.54 bits per heavy atom. The van der Waals surface area contributed by atoms with Crippen molar-refractivity contribution in [2.24, 2.45) is 0 Å². The summed E-state index contributed by atoms with van der Waals surface area (Å²) in [7, 11) is 1.71. The van der Waals surface area contributed by atoms with E-state index >= 15 is 0 Å². The molecule has 1 aromatic carbocycles. The Bertz CT molecular complexity index is 661. The standard InChI is InChI=1S/C19H23N3O2/c1-24-19(9-3-10-19)14-22-18(23)21-12-15-5-7-16(8-6-15)17-4-2-11-20-13-17/h2,4-8,11,13H,3,9-10,12,14H2,1H3,(H2,21,22,23). The molecule has 1 fully saturated rings. The van der Waals surface area contributed by atoms with Crippen molar-refractivity contribution in [1.82, 2.24) is 15.6 Å². The molecule has 5 nitrogen and oxygen atoms in total. The summed E-state index contributed by atoms with van der Waals surface area (Å²) < 4.78 is 5.49. The molecule has 0 bridgehead atoms. The summed E-state index contributed by atoms with van der Waals surface area (Å²) in [4.78, 5) is 16.0. The van der Waals surface area contributed by atoms with E-state index in [4.69, 9.17) is 4.74 Å². The number of urea groups is 1. The summed E-state index contributed by atoms with van der Waals surface area (Å²) in [6, 6.07) is 11.9. The molecule has 1 aliphatic rings. The first kappa shape index (κ1) is 16.5. The summed E-state index contributed by atoms with van der Waals surface area (Å²) in [6.07, 6.45) is 6.80. The minimum Gasteiger partial charge on any atom is -0.376 e. The van der Waals surface area contributed by atoms with Crippen LogP contribution in [0.4, 0.5) is 4.79 Å². The average Bonchev–Trinajstić information content (AvgIpc) is 2.61. The predicted octanol–water partition coefficient (Wildman–Crippen LogP) is 3.12. The van der Waals surface area contributed by atoms with Crippen LogP contribution < -0.4 is 10.6 Å². The number of aromatic nitrogens is 1. The molecule has 1 heterocycles. The quantitative estimate of drug-likeness (QED) is 0.858. The lowest BCUT2D eigenvalue weighted by Gasteiger charge is -2.40. The molecule has 1 aromatic heterocycles. The van der Waals surface area contributed by atoms with E-state index in [1.165, 1.54) is 6.42 Å². The third-order valence-electron chi connectivity index (χ3n) is 4.67. The predicted molar refractivity (Wildman–Crippen MR) is 93.5 cm³/mol. The topological polar surface area (TPSA) is 63.2 Å². The van der Waals surface area contributed by atoms with Crippen LogP contribution in [0.5, 0.6) is 0 Å². The number of nitrogens with zero attached hydrogens (tertiary/aromatic N) is 1. The molecule has 126 valence electrons. The number of benzene rings is 1. The van der Waals surface area contributed by atoms with Gasteiger partial charge in [-0.25, -0.2) is 4.79 Å². The van der Waals surface area contributed by atoms with Crippen molar-refractivity contribution in [3.05, 3.63) is 54.4 Å². The van der Waals surface area contributed by atoms with Gasteiger partial charge < -0.3 is 15.4 Å². The van der Waals surface area contributed by atoms with Crippen LogP contribution in [0.15, 0.2) is 48.8 Å². The van der Waals surface area contributed by atoms with Gasteiger partial charge in [-0.2, -0.15) is 0 Å². The molecule has 0 spiro atoms. The zero-order valence-electron chi connectivity index (χ0n) is 13.9. The van der Waals surface area contributed by atoms with Crippen LogP contribution in [0.2, 0.25) is 0 Å². The maximum absolute atomic E-state index is 11.9. The number of carbonyl (C=O) groups is 1. The average molecular weight is 325 g/mol. The molecule has 0 atom stereocenters. The molecular formula is C19H23N3O2. The molecule has 1 saturated carbocycles. The Morgan fingerprint density at radius 1 is 1.17 bits per heavy atom. The second-order valence-corrected chi connectivity index (χ2v) is 6.22. The Morgan fingerprint density at radius 2 is 1.96 bits per heavy atom. The van der Waals surface area contributed by atoms with Gasteiger partial charge in [-0.3, -0.25) is 4.98 Å². The van der Waals surface area contributed by atoms with E-state index in [9.17, 15) is 4.79 Å². The third kappa shape index (κ3) is 3.92. The van der Waals surface area contributed by atoms with E-state index in [1.807, 2.05) is 42.6 Å². The van der Waals surface area contributed by atoms with Crippen LogP contribution in [0.3, 0.4) is 0 Å². The molecule has 0 saturated heterocycles. The third-order valence-corrected chi connectivity index (χ3v) is 4.67. The summed E-state index contributed by atoms with van der Waals surface area (Å²) in [5, 5.41) is 5.79. The number of rotatable bonds is 6. The molecule has 2 N–H and O–H groups in total. The number of amides is 2. The van der Waals surface area contributed by atoms with Gasteiger partial charge in [-0.15, -0.1) is 0 Å². The van der Waals surface area contributed by atoms with E-state index in [0.29, 0.717) is 13.1 Å². The largest absolute Gasteiger partial charge is 0.376 e. The lowest BCUT2D eigenvalue weighted by molar-refractivity contribution is -0.0673. The van der Waals surface area contributed by atoms with Gasteiger partial charge in [0.2, 0.25) is 0 Å². The van der Waals surface area contributed by atoms with Crippen LogP contribution in [0, 0.1) is 0 Å². The van der Waals surface area contributed by atoms with Crippen molar-refractivity contribution in [2.75, 3.05) is 13.7 Å². The van der Waals surface area contributed by atoms with E-state index in [2.05, 4.69) is 15.6 Å². The molecule has 5 heteroatoms. The molecule has 0 aliphatic heterocycles. The Balaban J connectivity index is 1.47. The SMILES string of the molecule is COC1(CNC(=O)NCc2ccc(-c3cccnc3)cc2)CCC1. The van der Waals surface area contributed by atoms with Gasteiger partial charge in [0.15, 0.2) is 0 Å². The van der Waals surface area contributed by atoms with Crippen molar-refractivity contribution in [3.63, 3.8) is 0 Å². The van der Waals surface area contributed by atoms with Gasteiger partial charge in [0.05, 0.1) is 5.60 Å². The van der Waals surface area contributed by atoms with Crippen molar-refractivity contribution in [2.45, 2.75) is 31.4 Å². The maximum atomic E-state index is 11.9. The van der Waals surface area contributed by atoms with Crippen LogP contribution in [-0.2, 0) is 11.3 Å². The zero-order valence-corrected chi connectivity index (χ0v) is 13.9. The number of nitrogens with one attached hydrogen (secondary N) is 2. The Kier molecular flexibility index (Phi) is 5.11. The van der Waals surface area contributed by atoms with Crippen LogP contribution in [-0.4, -0.2) is 30.3 Å². The molecular weight excluding hydrogens is 302 g/mol. The minimum atomic E-state index is -0.158. The molecule has 2 aromatic rings. The highest BCUT2D eigenvalue weighted by Crippen LogP contribution is 2.34. The molecule has 3 rings (SSSR count). The van der Waals surface area contributed by atoms with E-state index < -0.39 is 0 Å². The highest BCUT2D eigenvalue weighted by atomic mass is 16.5. The molecule has 24 heavy (non-hydrogen) atoms. The highest BCUT2D eigenvalue weighted by Gasteiger charge is 2.37. The fraction of sp³-hybridized carbons (Fsp3) is 0.368. The van der Waals surface area contributed by atoms with Gasteiger partial charge in [-0.05, 0) is 42.0 Å². The number of ether oxygens (including phenoxy) is 1. The first-order chi connectivity index (χ1) is 11.7. The molecule has 1 aliphatic carbocycles. The van der Waals surface area contributed by atoms with E-state index in [1.54, 1.807) is 13.3 Å². The summed E-state index contributed by atoms with van der Waals surface area (Å²) in [5.41, 5.74) is 3.11. The van der Waals surface area contributed by atoms with E-state index in [0.717, 1.165) is 29.5 Å². The van der Waals surface area contributed by atoms with Crippen LogP contribution in [0.25, 0.3) is 11.1 Å². The Labute approximate surface area is 142 Å². The molecule has 0 unspecified atom stereocenters. The van der Waals surface area contributed by atoms with Crippen molar-refractivity contribution in [1.29, 1.82) is 0 Å². The van der Waals surface area contributed by atoms with Crippen LogP contribution in [0.1, 0.15) is 24.8 Å². The van der Waals surface area contributed by atoms with Crippen LogP contribution >= 0.6 is 0 Å². The second kappa shape index (κ2) is 7.45. The lowest BCUT2D eigenvalue weighted by Crippen LogP contribution is -2.51. The number of hydrogen-bond donors (Lipinski definition) is 2. The fourth-order valence-corrected chi connectivity index (χ4v) is 2.86. The van der Waals surface area contributed by atoms with Crippen molar-refractivity contribution < 1.29 is 9.53 Å².